The molecule has 162 valence electrons. The Morgan fingerprint density at radius 1 is 0.871 bits per heavy atom. The third-order valence-electron chi connectivity index (χ3n) is 5.18. The second-order valence-corrected chi connectivity index (χ2v) is 9.76. The Bertz CT molecular complexity index is 1050. The van der Waals surface area contributed by atoms with Crippen LogP contribution in [-0.2, 0) is 20.4 Å². The zero-order chi connectivity index (χ0) is 23.1. The lowest BCUT2D eigenvalue weighted by Gasteiger charge is -2.28. The van der Waals surface area contributed by atoms with Gasteiger partial charge in [0.15, 0.2) is 0 Å². The number of phenolic OH excluding ortho intramolecular Hbond substituents is 1. The molecule has 0 bridgehead atoms. The van der Waals surface area contributed by atoms with E-state index in [1.54, 1.807) is 42.5 Å². The van der Waals surface area contributed by atoms with Crippen LogP contribution in [0.3, 0.4) is 0 Å². The highest BCUT2D eigenvalue weighted by molar-refractivity contribution is 6.39. The highest BCUT2D eigenvalue weighted by Crippen LogP contribution is 2.40. The SMILES string of the molecule is CC(C)(C)c1cc(/C=C2\C(=O)NC(=O)N(c3ccccc3)C2=O)cc(C(C)(C)C)c1O. The minimum Gasteiger partial charge on any atom is -0.507 e. The van der Waals surface area contributed by atoms with Crippen LogP contribution >= 0.6 is 0 Å². The molecule has 1 saturated heterocycles. The first-order valence-electron chi connectivity index (χ1n) is 10.1. The van der Waals surface area contributed by atoms with E-state index < -0.39 is 17.8 Å². The number of imide groups is 2. The number of anilines is 1. The number of amides is 4. The van der Waals surface area contributed by atoms with E-state index in [0.29, 0.717) is 22.4 Å². The summed E-state index contributed by atoms with van der Waals surface area (Å²) < 4.78 is 0. The van der Waals surface area contributed by atoms with Gasteiger partial charge in [0.1, 0.15) is 11.3 Å². The van der Waals surface area contributed by atoms with E-state index in [4.69, 9.17) is 0 Å². The maximum atomic E-state index is 13.1. The van der Waals surface area contributed by atoms with Crippen LogP contribution in [-0.4, -0.2) is 23.0 Å². The van der Waals surface area contributed by atoms with Crippen LogP contribution < -0.4 is 10.2 Å². The number of carbonyl (C=O) groups is 3. The number of nitrogens with zero attached hydrogens (tertiary/aromatic N) is 1. The van der Waals surface area contributed by atoms with Crippen molar-refractivity contribution >= 4 is 29.6 Å². The quantitative estimate of drug-likeness (QED) is 0.547. The lowest BCUT2D eigenvalue weighted by Crippen LogP contribution is -2.54. The van der Waals surface area contributed by atoms with E-state index in [1.807, 2.05) is 41.5 Å². The summed E-state index contributed by atoms with van der Waals surface area (Å²) >= 11 is 0. The molecule has 1 fully saturated rings. The number of barbiturate groups is 1. The van der Waals surface area contributed by atoms with Crippen molar-refractivity contribution < 1.29 is 19.5 Å². The fourth-order valence-corrected chi connectivity index (χ4v) is 3.52. The average Bonchev–Trinajstić information content (AvgIpc) is 2.65. The third-order valence-corrected chi connectivity index (χ3v) is 5.18. The maximum absolute atomic E-state index is 13.1. The summed E-state index contributed by atoms with van der Waals surface area (Å²) in [5.74, 6) is -1.23. The van der Waals surface area contributed by atoms with Gasteiger partial charge in [-0.25, -0.2) is 9.69 Å². The zero-order valence-electron chi connectivity index (χ0n) is 18.7. The highest BCUT2D eigenvalue weighted by atomic mass is 16.3. The van der Waals surface area contributed by atoms with Gasteiger partial charge in [-0.1, -0.05) is 59.7 Å². The Morgan fingerprint density at radius 3 is 1.87 bits per heavy atom. The number of carbonyl (C=O) groups excluding carboxylic acids is 3. The first kappa shape index (κ1) is 22.3. The number of phenols is 1. The lowest BCUT2D eigenvalue weighted by molar-refractivity contribution is -0.122. The summed E-state index contributed by atoms with van der Waals surface area (Å²) in [6.45, 7) is 11.9. The van der Waals surface area contributed by atoms with Crippen molar-refractivity contribution in [1.82, 2.24) is 5.32 Å². The zero-order valence-corrected chi connectivity index (χ0v) is 18.7. The normalized spacial score (nSPS) is 16.6. The Balaban J connectivity index is 2.16. The molecule has 0 unspecified atom stereocenters. The Labute approximate surface area is 182 Å². The summed E-state index contributed by atoms with van der Waals surface area (Å²) in [7, 11) is 0. The van der Waals surface area contributed by atoms with Gasteiger partial charge < -0.3 is 5.11 Å². The summed E-state index contributed by atoms with van der Waals surface area (Å²) in [5.41, 5.74) is 1.55. The topological polar surface area (TPSA) is 86.7 Å². The van der Waals surface area contributed by atoms with E-state index in [2.05, 4.69) is 5.32 Å². The standard InChI is InChI=1S/C25H28N2O4/c1-24(2,3)18-13-15(14-19(20(18)28)25(4,5)6)12-17-21(29)26-23(31)27(22(17)30)16-10-8-7-9-11-16/h7-14,28H,1-6H3,(H,26,29,31)/b17-12+. The van der Waals surface area contributed by atoms with E-state index in [1.165, 1.54) is 6.08 Å². The van der Waals surface area contributed by atoms with Crippen molar-refractivity contribution in [3.63, 3.8) is 0 Å². The van der Waals surface area contributed by atoms with Crippen molar-refractivity contribution in [3.8, 4) is 5.75 Å². The van der Waals surface area contributed by atoms with Gasteiger partial charge in [0.25, 0.3) is 11.8 Å². The number of para-hydroxylation sites is 1. The number of aromatic hydroxyl groups is 1. The molecule has 1 aliphatic heterocycles. The van der Waals surface area contributed by atoms with Gasteiger partial charge in [0.2, 0.25) is 0 Å². The predicted molar refractivity (Wildman–Crippen MR) is 121 cm³/mol. The van der Waals surface area contributed by atoms with Gasteiger partial charge in [0.05, 0.1) is 5.69 Å². The fraction of sp³-hybridized carbons (Fsp3) is 0.320. The van der Waals surface area contributed by atoms with Crippen molar-refractivity contribution in [2.24, 2.45) is 0 Å². The van der Waals surface area contributed by atoms with Gasteiger partial charge in [0, 0.05) is 11.1 Å². The van der Waals surface area contributed by atoms with Gasteiger partial charge >= 0.3 is 6.03 Å². The van der Waals surface area contributed by atoms with Crippen LogP contribution in [0.25, 0.3) is 6.08 Å². The summed E-state index contributed by atoms with van der Waals surface area (Å²) in [4.78, 5) is 38.9. The largest absolute Gasteiger partial charge is 0.507 e. The minimum absolute atomic E-state index is 0.145. The van der Waals surface area contributed by atoms with Crippen molar-refractivity contribution in [2.75, 3.05) is 4.90 Å². The fourth-order valence-electron chi connectivity index (χ4n) is 3.52. The number of nitrogens with one attached hydrogen (secondary N) is 1. The van der Waals surface area contributed by atoms with E-state index in [0.717, 1.165) is 4.90 Å². The van der Waals surface area contributed by atoms with Crippen LogP contribution in [0, 0.1) is 0 Å². The molecule has 2 N–H and O–H groups in total. The molecule has 0 spiro atoms. The van der Waals surface area contributed by atoms with Crippen molar-refractivity contribution in [2.45, 2.75) is 52.4 Å². The smallest absolute Gasteiger partial charge is 0.335 e. The van der Waals surface area contributed by atoms with Crippen LogP contribution in [0.4, 0.5) is 10.5 Å². The summed E-state index contributed by atoms with van der Waals surface area (Å²) in [6, 6.07) is 11.2. The Hall–Kier alpha value is -3.41. The molecule has 1 heterocycles. The lowest BCUT2D eigenvalue weighted by atomic mass is 9.78. The summed E-state index contributed by atoms with van der Waals surface area (Å²) in [6.07, 6.45) is 1.48. The number of hydrogen-bond acceptors (Lipinski definition) is 4. The van der Waals surface area contributed by atoms with Crippen molar-refractivity contribution in [1.29, 1.82) is 0 Å². The van der Waals surface area contributed by atoms with Gasteiger partial charge in [-0.15, -0.1) is 0 Å². The molecular formula is C25H28N2O4. The molecule has 0 radical (unpaired) electrons. The van der Waals surface area contributed by atoms with Crippen LogP contribution in [0.2, 0.25) is 0 Å². The van der Waals surface area contributed by atoms with Gasteiger partial charge in [-0.2, -0.15) is 0 Å². The Morgan fingerprint density at radius 2 is 1.39 bits per heavy atom. The first-order valence-corrected chi connectivity index (χ1v) is 10.1. The third kappa shape index (κ3) is 4.38. The molecule has 2 aromatic carbocycles. The molecule has 3 rings (SSSR count). The molecular weight excluding hydrogens is 392 g/mol. The molecule has 0 atom stereocenters. The van der Waals surface area contributed by atoms with E-state index in [-0.39, 0.29) is 22.2 Å². The van der Waals surface area contributed by atoms with E-state index >= 15 is 0 Å². The Kier molecular flexibility index (Phi) is 5.53. The first-order chi connectivity index (χ1) is 14.3. The molecule has 2 aromatic rings. The summed E-state index contributed by atoms with van der Waals surface area (Å²) in [5, 5.41) is 13.1. The van der Waals surface area contributed by atoms with E-state index in [9.17, 15) is 19.5 Å². The molecule has 6 heteroatoms. The predicted octanol–water partition coefficient (Wildman–Crippen LogP) is 4.65. The second-order valence-electron chi connectivity index (χ2n) is 9.76. The van der Waals surface area contributed by atoms with Crippen LogP contribution in [0.15, 0.2) is 48.0 Å². The molecule has 4 amide bonds. The minimum atomic E-state index is -0.783. The average molecular weight is 421 g/mol. The van der Waals surface area contributed by atoms with Gasteiger partial charge in [-0.05, 0) is 46.7 Å². The highest BCUT2D eigenvalue weighted by Gasteiger charge is 2.37. The monoisotopic (exact) mass is 420 g/mol. The number of urea groups is 1. The second kappa shape index (κ2) is 7.69. The molecule has 31 heavy (non-hydrogen) atoms. The van der Waals surface area contributed by atoms with Crippen LogP contribution in [0.1, 0.15) is 58.2 Å². The molecule has 6 nitrogen and oxygen atoms in total. The molecule has 0 aliphatic carbocycles. The number of hydrogen-bond donors (Lipinski definition) is 2. The number of rotatable bonds is 2. The van der Waals surface area contributed by atoms with Crippen molar-refractivity contribution in [3.05, 3.63) is 64.7 Å². The van der Waals surface area contributed by atoms with Gasteiger partial charge in [-0.3, -0.25) is 14.9 Å². The maximum Gasteiger partial charge on any atom is 0.335 e. The number of benzene rings is 2. The molecule has 0 aromatic heterocycles. The van der Waals surface area contributed by atoms with Crippen LogP contribution in [0.5, 0.6) is 5.75 Å². The molecule has 1 aliphatic rings. The molecule has 0 saturated carbocycles.